The Balaban J connectivity index is 1.16. The number of ether oxygens (including phenoxy) is 10. The number of rotatable bonds is 9. The molecule has 0 radical (unpaired) electrons. The molecule has 15 heteroatoms. The van der Waals surface area contributed by atoms with E-state index in [0.717, 1.165) is 12.0 Å². The van der Waals surface area contributed by atoms with Gasteiger partial charge < -0.3 is 62.9 Å². The van der Waals surface area contributed by atoms with Gasteiger partial charge in [0, 0.05) is 58.7 Å². The molecule has 0 aromatic carbocycles. The van der Waals surface area contributed by atoms with Crippen molar-refractivity contribution in [3.8, 4) is 0 Å². The van der Waals surface area contributed by atoms with E-state index < -0.39 is 84.7 Å². The molecule has 20 atom stereocenters. The van der Waals surface area contributed by atoms with Crippen LogP contribution in [-0.4, -0.2) is 140 Å². The molecule has 4 saturated heterocycles. The summed E-state index contributed by atoms with van der Waals surface area (Å²) < 4.78 is 64.4. The molecule has 15 nitrogen and oxygen atoms in total. The fraction of sp³-hybridized carbons (Fsp3) is 0.760. The van der Waals surface area contributed by atoms with E-state index in [1.807, 2.05) is 39.0 Å². The van der Waals surface area contributed by atoms with Crippen molar-refractivity contribution < 1.29 is 67.2 Å². The van der Waals surface area contributed by atoms with Gasteiger partial charge in [-0.25, -0.2) is 0 Å². The van der Waals surface area contributed by atoms with Crippen molar-refractivity contribution in [1.29, 1.82) is 0 Å². The van der Waals surface area contributed by atoms with E-state index in [4.69, 9.17) is 47.4 Å². The molecule has 0 aromatic rings. The normalized spacial score (nSPS) is 47.3. The molecular formula is C50H75NO14. The topological polar surface area (TPSA) is 179 Å². The lowest BCUT2D eigenvalue weighted by Gasteiger charge is -2.48. The van der Waals surface area contributed by atoms with Crippen LogP contribution in [0.5, 0.6) is 0 Å². The summed E-state index contributed by atoms with van der Waals surface area (Å²) in [6.07, 6.45) is 9.46. The van der Waals surface area contributed by atoms with Gasteiger partial charge in [0.2, 0.25) is 5.91 Å². The summed E-state index contributed by atoms with van der Waals surface area (Å²) >= 11 is 0. The van der Waals surface area contributed by atoms with Crippen molar-refractivity contribution in [2.75, 3.05) is 20.8 Å². The molecule has 7 rings (SSSR count). The van der Waals surface area contributed by atoms with Gasteiger partial charge in [-0.15, -0.1) is 0 Å². The molecule has 4 fully saturated rings. The third-order valence-corrected chi connectivity index (χ3v) is 14.9. The minimum Gasteiger partial charge on any atom is -0.462 e. The van der Waals surface area contributed by atoms with Gasteiger partial charge in [-0.1, -0.05) is 70.6 Å². The second kappa shape index (κ2) is 20.8. The highest BCUT2D eigenvalue weighted by molar-refractivity contribution is 5.78. The first kappa shape index (κ1) is 50.1. The summed E-state index contributed by atoms with van der Waals surface area (Å²) in [6, 6.07) is -0.315. The number of carbonyl (C=O) groups is 2. The number of fused-ring (bicyclic) bond motifs is 2. The third kappa shape index (κ3) is 10.6. The van der Waals surface area contributed by atoms with Gasteiger partial charge in [0.1, 0.15) is 35.9 Å². The maximum atomic E-state index is 14.4. The van der Waals surface area contributed by atoms with Gasteiger partial charge in [-0.2, -0.15) is 0 Å². The Morgan fingerprint density at radius 3 is 2.35 bits per heavy atom. The lowest BCUT2D eigenvalue weighted by molar-refractivity contribution is -0.311. The Kier molecular flexibility index (Phi) is 16.0. The smallest absolute Gasteiger partial charge is 0.316 e. The molecule has 364 valence electrons. The van der Waals surface area contributed by atoms with E-state index in [2.05, 4.69) is 45.2 Å². The molecule has 1 spiro atoms. The molecule has 5 unspecified atom stereocenters. The van der Waals surface area contributed by atoms with Crippen molar-refractivity contribution >= 4 is 11.9 Å². The number of nitrogens with one attached hydrogen (secondary N) is 1. The quantitative estimate of drug-likeness (QED) is 0.195. The lowest BCUT2D eigenvalue weighted by atomic mass is 9.71. The maximum absolute atomic E-state index is 14.4. The number of allylic oxidation sites excluding steroid dienone is 2. The predicted octanol–water partition coefficient (Wildman–Crippen LogP) is 5.52. The molecule has 2 bridgehead atoms. The summed E-state index contributed by atoms with van der Waals surface area (Å²) in [5.74, 6) is -2.75. The van der Waals surface area contributed by atoms with Crippen LogP contribution in [0.4, 0.5) is 0 Å². The summed E-state index contributed by atoms with van der Waals surface area (Å²) in [4.78, 5) is 26.3. The summed E-state index contributed by atoms with van der Waals surface area (Å²) in [7, 11) is 3.27. The second-order valence-electron chi connectivity index (χ2n) is 19.7. The van der Waals surface area contributed by atoms with E-state index in [1.54, 1.807) is 33.3 Å². The number of aliphatic hydroxyl groups excluding tert-OH is 1. The highest BCUT2D eigenvalue weighted by Crippen LogP contribution is 2.47. The van der Waals surface area contributed by atoms with Crippen LogP contribution in [0.1, 0.15) is 101 Å². The number of esters is 1. The molecule has 6 heterocycles. The Labute approximate surface area is 385 Å². The number of hydrogen-bond donors (Lipinski definition) is 3. The van der Waals surface area contributed by atoms with Crippen LogP contribution in [0.3, 0.4) is 0 Å². The maximum Gasteiger partial charge on any atom is 0.316 e. The average molecular weight is 914 g/mol. The molecule has 7 aliphatic rings. The Morgan fingerprint density at radius 2 is 1.65 bits per heavy atom. The molecule has 0 aromatic heterocycles. The van der Waals surface area contributed by atoms with Crippen LogP contribution in [-0.2, 0) is 57.0 Å². The highest BCUT2D eigenvalue weighted by atomic mass is 16.7. The van der Waals surface area contributed by atoms with Gasteiger partial charge in [0.05, 0.1) is 55.4 Å². The molecule has 3 N–H and O–H groups in total. The van der Waals surface area contributed by atoms with E-state index >= 15 is 0 Å². The zero-order valence-corrected chi connectivity index (χ0v) is 40.2. The van der Waals surface area contributed by atoms with Gasteiger partial charge >= 0.3 is 5.97 Å². The van der Waals surface area contributed by atoms with E-state index in [-0.39, 0.29) is 61.0 Å². The van der Waals surface area contributed by atoms with Crippen LogP contribution >= 0.6 is 0 Å². The number of aliphatic hydroxyl groups is 2. The standard InChI is InChI=1S/C50H75NO14/c1-12-26(2)45-29(5)18-19-49(65-45)24-36-21-35(64-49)17-16-28(4)44(27(3)14-13-15-34-25-58-47-43(53)30(6)20-37(48(54)61-36)50(34,47)55)62-41-23-39(57-11)46(32(8)60-41)63-40-22-38(56-10)42(31(7)59-40)51-33(9)52/h13-16,18-20,26-27,29,31-32,35-47,53,55H,12,17,21-25H2,1-11H3,(H,51,52)/b14-13+,28-16+,34-15+/t26?,27-,29-,31-,32-,35?,36?,37?,38-,39-,40-,41-,42-,43+,44-,45+,46-,47?,49+,50+/m0/s1. The van der Waals surface area contributed by atoms with Crippen LogP contribution in [0.2, 0.25) is 0 Å². The predicted molar refractivity (Wildman–Crippen MR) is 239 cm³/mol. The van der Waals surface area contributed by atoms with Crippen LogP contribution < -0.4 is 5.32 Å². The number of methoxy groups -OCH3 is 2. The molecular weight excluding hydrogens is 839 g/mol. The fourth-order valence-electron chi connectivity index (χ4n) is 11.0. The van der Waals surface area contributed by atoms with Crippen LogP contribution in [0, 0.1) is 23.7 Å². The van der Waals surface area contributed by atoms with Gasteiger partial charge in [0.25, 0.3) is 0 Å². The van der Waals surface area contributed by atoms with Crippen LogP contribution in [0.25, 0.3) is 0 Å². The minimum absolute atomic E-state index is 0.0270. The van der Waals surface area contributed by atoms with Gasteiger partial charge in [-0.3, -0.25) is 9.59 Å². The van der Waals surface area contributed by atoms with Crippen molar-refractivity contribution in [3.63, 3.8) is 0 Å². The monoisotopic (exact) mass is 914 g/mol. The second-order valence-corrected chi connectivity index (χ2v) is 19.7. The van der Waals surface area contributed by atoms with Gasteiger partial charge in [0.15, 0.2) is 18.4 Å². The number of amides is 1. The minimum atomic E-state index is -1.84. The first-order chi connectivity index (χ1) is 30.9. The Bertz CT molecular complexity index is 1850. The highest BCUT2D eigenvalue weighted by Gasteiger charge is 2.60. The molecule has 0 saturated carbocycles. The first-order valence-corrected chi connectivity index (χ1v) is 23.8. The Morgan fingerprint density at radius 1 is 0.938 bits per heavy atom. The van der Waals surface area contributed by atoms with Crippen molar-refractivity contribution in [2.24, 2.45) is 23.7 Å². The fourth-order valence-corrected chi connectivity index (χ4v) is 11.0. The van der Waals surface area contributed by atoms with E-state index in [0.29, 0.717) is 36.8 Å². The Hall–Kier alpha value is -2.80. The van der Waals surface area contributed by atoms with Crippen molar-refractivity contribution in [3.05, 3.63) is 59.3 Å². The third-order valence-electron chi connectivity index (χ3n) is 14.9. The SMILES string of the molecule is CCC(C)[C@H]1O[C@]2(C=C[C@@H]1C)CC1CC(C/C=C(\C)[C@@H](O[C@H]3C[C@H](OC)[C@@H](O[C@H]4C[C@H](OC)[C@@H](NC(C)=O)[C@H](C)O4)[C@H](C)O3)[C@@H](C)/C=C/C=C3\COC4[C@H](O)C(C)=CC(C(=O)O1)[C@]34O)O2. The lowest BCUT2D eigenvalue weighted by Crippen LogP contribution is -2.58. The summed E-state index contributed by atoms with van der Waals surface area (Å²) in [5, 5.41) is 26.7. The van der Waals surface area contributed by atoms with Gasteiger partial charge in [-0.05, 0) is 62.8 Å². The summed E-state index contributed by atoms with van der Waals surface area (Å²) in [5.41, 5.74) is 0.116. The molecule has 6 aliphatic heterocycles. The van der Waals surface area contributed by atoms with E-state index in [1.165, 1.54) is 6.92 Å². The zero-order chi connectivity index (χ0) is 47.0. The number of hydrogen-bond acceptors (Lipinski definition) is 14. The molecule has 1 amide bonds. The van der Waals surface area contributed by atoms with E-state index in [9.17, 15) is 19.8 Å². The average Bonchev–Trinajstić information content (AvgIpc) is 3.61. The van der Waals surface area contributed by atoms with Crippen molar-refractivity contribution in [1.82, 2.24) is 5.32 Å². The largest absolute Gasteiger partial charge is 0.462 e. The number of carbonyl (C=O) groups excluding carboxylic acids is 2. The van der Waals surface area contributed by atoms with Crippen LogP contribution in [0.15, 0.2) is 59.3 Å². The molecule has 1 aliphatic carbocycles. The zero-order valence-electron chi connectivity index (χ0n) is 40.2. The molecule has 65 heavy (non-hydrogen) atoms. The van der Waals surface area contributed by atoms with Crippen molar-refractivity contribution in [2.45, 2.75) is 198 Å². The summed E-state index contributed by atoms with van der Waals surface area (Å²) in [6.45, 7) is 17.7. The first-order valence-electron chi connectivity index (χ1n) is 23.8.